The number of nitrogens with zero attached hydrogens (tertiary/aromatic N) is 2. The van der Waals surface area contributed by atoms with Gasteiger partial charge in [-0.2, -0.15) is 0 Å². The van der Waals surface area contributed by atoms with Crippen LogP contribution >= 0.6 is 0 Å². The van der Waals surface area contributed by atoms with E-state index in [1.807, 2.05) is 0 Å². The molecule has 0 saturated carbocycles. The molecule has 0 amide bonds. The smallest absolute Gasteiger partial charge is 0.149 e. The van der Waals surface area contributed by atoms with E-state index in [1.165, 1.54) is 63.1 Å². The molecule has 0 saturated heterocycles. The van der Waals surface area contributed by atoms with Crippen LogP contribution in [-0.2, 0) is 28.1 Å². The Kier molecular flexibility index (Phi) is 6.86. The van der Waals surface area contributed by atoms with Crippen LogP contribution < -0.4 is 0 Å². The maximum absolute atomic E-state index is 14.7. The van der Waals surface area contributed by atoms with Crippen molar-refractivity contribution >= 4 is 10.8 Å². The summed E-state index contributed by atoms with van der Waals surface area (Å²) in [7, 11) is 0. The normalized spacial score (nSPS) is 21.2. The number of aromatic nitrogens is 2. The summed E-state index contributed by atoms with van der Waals surface area (Å²) < 4.78 is 14.7. The highest BCUT2D eigenvalue weighted by atomic mass is 19.1. The summed E-state index contributed by atoms with van der Waals surface area (Å²) in [6, 6.07) is 25.5. The Labute approximate surface area is 268 Å². The van der Waals surface area contributed by atoms with Crippen LogP contribution in [-0.4, -0.2) is 9.97 Å². The molecule has 1 unspecified atom stereocenters. The van der Waals surface area contributed by atoms with E-state index in [9.17, 15) is 4.39 Å². The summed E-state index contributed by atoms with van der Waals surface area (Å²) in [5, 5.41) is 2.49. The molecule has 5 aromatic rings. The van der Waals surface area contributed by atoms with Crippen molar-refractivity contribution in [1.82, 2.24) is 9.97 Å². The first-order valence-corrected chi connectivity index (χ1v) is 16.6. The first-order valence-electron chi connectivity index (χ1n) is 16.6. The molecule has 7 rings (SSSR count). The zero-order chi connectivity index (χ0) is 31.8. The van der Waals surface area contributed by atoms with E-state index in [1.54, 1.807) is 12.3 Å². The highest BCUT2D eigenvalue weighted by Crippen LogP contribution is 2.50. The zero-order valence-electron chi connectivity index (χ0n) is 27.9. The van der Waals surface area contributed by atoms with Gasteiger partial charge in [0.05, 0.1) is 5.69 Å². The molecule has 0 bridgehead atoms. The number of hydrogen-bond acceptors (Lipinski definition) is 2. The summed E-state index contributed by atoms with van der Waals surface area (Å²) in [5.74, 6) is -0.280. The predicted molar refractivity (Wildman–Crippen MR) is 185 cm³/mol. The Morgan fingerprint density at radius 1 is 0.578 bits per heavy atom. The second-order valence-corrected chi connectivity index (χ2v) is 15.9. The molecule has 45 heavy (non-hydrogen) atoms. The van der Waals surface area contributed by atoms with Gasteiger partial charge in [0.25, 0.3) is 0 Å². The van der Waals surface area contributed by atoms with E-state index in [4.69, 9.17) is 4.98 Å². The van der Waals surface area contributed by atoms with Gasteiger partial charge in [0.1, 0.15) is 11.5 Å². The van der Waals surface area contributed by atoms with Crippen LogP contribution in [0.15, 0.2) is 85.2 Å². The Morgan fingerprint density at radius 3 is 1.84 bits per heavy atom. The molecular formula is C42H45FN2. The van der Waals surface area contributed by atoms with E-state index in [-0.39, 0.29) is 27.5 Å². The Bertz CT molecular complexity index is 1950. The van der Waals surface area contributed by atoms with Crippen molar-refractivity contribution in [1.29, 1.82) is 0 Å². The maximum Gasteiger partial charge on any atom is 0.149 e. The lowest BCUT2D eigenvalue weighted by Crippen LogP contribution is -2.37. The van der Waals surface area contributed by atoms with Gasteiger partial charge in [0.15, 0.2) is 0 Å². The topological polar surface area (TPSA) is 25.8 Å². The molecule has 2 aliphatic rings. The zero-order valence-corrected chi connectivity index (χ0v) is 27.9. The number of pyridine rings is 2. The van der Waals surface area contributed by atoms with Gasteiger partial charge in [0.2, 0.25) is 0 Å². The molecule has 0 spiro atoms. The van der Waals surface area contributed by atoms with Crippen LogP contribution in [0.25, 0.3) is 33.3 Å². The molecule has 0 N–H and O–H groups in total. The maximum atomic E-state index is 14.7. The fourth-order valence-electron chi connectivity index (χ4n) is 8.20. The lowest BCUT2D eigenvalue weighted by atomic mass is 9.60. The minimum Gasteiger partial charge on any atom is -0.255 e. The molecule has 0 aliphatic heterocycles. The Balaban J connectivity index is 1.30. The summed E-state index contributed by atoms with van der Waals surface area (Å²) in [6.07, 6.45) is 9.24. The molecule has 0 radical (unpaired) electrons. The summed E-state index contributed by atoms with van der Waals surface area (Å²) in [4.78, 5) is 9.58. The summed E-state index contributed by atoms with van der Waals surface area (Å²) in [5.41, 5.74) is 10.7. The quantitative estimate of drug-likeness (QED) is 0.206. The number of rotatable bonds is 4. The van der Waals surface area contributed by atoms with E-state index in [2.05, 4.69) is 120 Å². The van der Waals surface area contributed by atoms with Gasteiger partial charge in [-0.05, 0) is 111 Å². The fraction of sp³-hybridized carbons (Fsp3) is 0.381. The van der Waals surface area contributed by atoms with Crippen LogP contribution in [0.3, 0.4) is 0 Å². The van der Waals surface area contributed by atoms with Crippen LogP contribution in [0.1, 0.15) is 102 Å². The standard InChI is InChI=1S/C42H45FN2/c1-39(2)18-19-40(3,4)34-23-27(14-16-32(34)39)37-31-12-9-8-11-30(31)29(26-45-37)25-42(7)21-20-41(5,6)35-24-28(15-17-33(35)42)38-36(43)13-10-22-44-38/h8-17,22-24,26H,18-21,25H2,1-7H3. The second-order valence-electron chi connectivity index (χ2n) is 15.9. The molecule has 2 aliphatic carbocycles. The second kappa shape index (κ2) is 10.3. The van der Waals surface area contributed by atoms with E-state index >= 15 is 0 Å². The average molecular weight is 597 g/mol. The first-order chi connectivity index (χ1) is 21.3. The molecule has 3 aromatic carbocycles. The third-order valence-corrected chi connectivity index (χ3v) is 11.3. The molecule has 3 heteroatoms. The molecule has 230 valence electrons. The number of fused-ring (bicyclic) bond motifs is 3. The van der Waals surface area contributed by atoms with Crippen molar-refractivity contribution in [2.45, 2.75) is 102 Å². The largest absolute Gasteiger partial charge is 0.255 e. The number of halogens is 1. The highest BCUT2D eigenvalue weighted by molar-refractivity contribution is 5.96. The molecule has 1 atom stereocenters. The third-order valence-electron chi connectivity index (χ3n) is 11.3. The minimum atomic E-state index is -0.280. The summed E-state index contributed by atoms with van der Waals surface area (Å²) in [6.45, 7) is 16.6. The lowest BCUT2D eigenvalue weighted by Gasteiger charge is -2.44. The third kappa shape index (κ3) is 5.00. The van der Waals surface area contributed by atoms with Crippen molar-refractivity contribution in [3.63, 3.8) is 0 Å². The fourth-order valence-corrected chi connectivity index (χ4v) is 8.20. The van der Waals surface area contributed by atoms with E-state index in [0.29, 0.717) is 5.69 Å². The molecular weight excluding hydrogens is 551 g/mol. The van der Waals surface area contributed by atoms with Crippen molar-refractivity contribution in [3.8, 4) is 22.5 Å². The predicted octanol–water partition coefficient (Wildman–Crippen LogP) is 11.0. The highest BCUT2D eigenvalue weighted by Gasteiger charge is 2.41. The van der Waals surface area contributed by atoms with Crippen LogP contribution in [0, 0.1) is 5.82 Å². The molecule has 0 fully saturated rings. The van der Waals surface area contributed by atoms with Gasteiger partial charge in [-0.15, -0.1) is 0 Å². The van der Waals surface area contributed by atoms with Crippen molar-refractivity contribution in [2.75, 3.05) is 0 Å². The van der Waals surface area contributed by atoms with Crippen LogP contribution in [0.5, 0.6) is 0 Å². The Morgan fingerprint density at radius 2 is 1.16 bits per heavy atom. The van der Waals surface area contributed by atoms with Gasteiger partial charge in [-0.3, -0.25) is 9.97 Å². The molecule has 2 nitrogen and oxygen atoms in total. The van der Waals surface area contributed by atoms with Gasteiger partial charge < -0.3 is 0 Å². The SMILES string of the molecule is CC1(C)CCC(C)(C)c2cc(-c3ncc(CC4(C)CCC(C)(C)c5cc(-c6ncccc6F)ccc54)c4ccccc34)ccc21. The van der Waals surface area contributed by atoms with Gasteiger partial charge in [-0.1, -0.05) is 97.0 Å². The average Bonchev–Trinajstić information content (AvgIpc) is 3.02. The van der Waals surface area contributed by atoms with E-state index < -0.39 is 0 Å². The number of benzene rings is 3. The minimum absolute atomic E-state index is 0.00488. The van der Waals surface area contributed by atoms with Crippen molar-refractivity contribution in [2.24, 2.45) is 0 Å². The number of hydrogen-bond donors (Lipinski definition) is 0. The van der Waals surface area contributed by atoms with Crippen molar-refractivity contribution < 1.29 is 4.39 Å². The Hall–Kier alpha value is -3.85. The van der Waals surface area contributed by atoms with Gasteiger partial charge >= 0.3 is 0 Å². The summed E-state index contributed by atoms with van der Waals surface area (Å²) >= 11 is 0. The van der Waals surface area contributed by atoms with Gasteiger partial charge in [0, 0.05) is 28.9 Å². The first kappa shape index (κ1) is 29.8. The monoisotopic (exact) mass is 596 g/mol. The molecule has 2 aromatic heterocycles. The lowest BCUT2D eigenvalue weighted by molar-refractivity contribution is 0.311. The molecule has 2 heterocycles. The van der Waals surface area contributed by atoms with Crippen LogP contribution in [0.2, 0.25) is 0 Å². The van der Waals surface area contributed by atoms with E-state index in [0.717, 1.165) is 30.5 Å². The van der Waals surface area contributed by atoms with Gasteiger partial charge in [-0.25, -0.2) is 4.39 Å². The van der Waals surface area contributed by atoms with Crippen LogP contribution in [0.4, 0.5) is 4.39 Å². The van der Waals surface area contributed by atoms with Crippen molar-refractivity contribution in [3.05, 3.63) is 119 Å².